The molecule has 1 heterocycles. The van der Waals surface area contributed by atoms with Gasteiger partial charge in [0.1, 0.15) is 0 Å². The lowest BCUT2D eigenvalue weighted by atomic mass is 10.0. The molecule has 1 aliphatic carbocycles. The van der Waals surface area contributed by atoms with Crippen LogP contribution in [0.2, 0.25) is 0 Å². The van der Waals surface area contributed by atoms with E-state index in [9.17, 15) is 0 Å². The first-order valence-corrected chi connectivity index (χ1v) is 6.04. The summed E-state index contributed by atoms with van der Waals surface area (Å²) in [6, 6.07) is 2.28. The van der Waals surface area contributed by atoms with Gasteiger partial charge in [0.25, 0.3) is 0 Å². The molecule has 0 amide bonds. The number of rotatable bonds is 4. The minimum Gasteiger partial charge on any atom is -0.330 e. The number of nitrogens with two attached hydrogens (primary N) is 1. The summed E-state index contributed by atoms with van der Waals surface area (Å²) in [5.74, 6) is 0.758. The molecule has 0 radical (unpaired) electrons. The van der Waals surface area contributed by atoms with Crippen molar-refractivity contribution in [3.8, 4) is 0 Å². The normalized spacial score (nSPS) is 17.5. The van der Waals surface area contributed by atoms with Gasteiger partial charge in [-0.3, -0.25) is 4.68 Å². The average molecular weight is 207 g/mol. The van der Waals surface area contributed by atoms with Crippen LogP contribution < -0.4 is 5.73 Å². The van der Waals surface area contributed by atoms with Crippen LogP contribution in [-0.2, 0) is 13.5 Å². The Kier molecular flexibility index (Phi) is 3.41. The minimum absolute atomic E-state index is 0.758. The lowest BCUT2D eigenvalue weighted by Gasteiger charge is -2.07. The van der Waals surface area contributed by atoms with E-state index in [1.54, 1.807) is 0 Å². The smallest absolute Gasteiger partial charge is 0.0628 e. The van der Waals surface area contributed by atoms with Crippen molar-refractivity contribution in [2.24, 2.45) is 12.8 Å². The molecule has 1 aliphatic rings. The standard InChI is InChI=1S/C12H21N3/c1-15-12(10-5-2-3-6-10)9-11(14-15)7-4-8-13/h9-10H,2-8,13H2,1H3. The first-order valence-electron chi connectivity index (χ1n) is 6.04. The minimum atomic E-state index is 0.758. The highest BCUT2D eigenvalue weighted by Gasteiger charge is 2.20. The third-order valence-electron chi connectivity index (χ3n) is 3.38. The number of hydrogen-bond donors (Lipinski definition) is 1. The van der Waals surface area contributed by atoms with Gasteiger partial charge in [-0.1, -0.05) is 12.8 Å². The van der Waals surface area contributed by atoms with E-state index in [1.165, 1.54) is 37.1 Å². The highest BCUT2D eigenvalue weighted by atomic mass is 15.3. The number of aromatic nitrogens is 2. The SMILES string of the molecule is Cn1nc(CCCN)cc1C1CCCC1. The lowest BCUT2D eigenvalue weighted by molar-refractivity contribution is 0.612. The Morgan fingerprint density at radius 1 is 1.47 bits per heavy atom. The molecule has 1 saturated carbocycles. The molecule has 0 atom stereocenters. The largest absolute Gasteiger partial charge is 0.330 e. The molecular formula is C12H21N3. The zero-order valence-corrected chi connectivity index (χ0v) is 9.58. The van der Waals surface area contributed by atoms with Gasteiger partial charge >= 0.3 is 0 Å². The Balaban J connectivity index is 2.06. The second kappa shape index (κ2) is 4.79. The summed E-state index contributed by atoms with van der Waals surface area (Å²) in [5.41, 5.74) is 8.15. The lowest BCUT2D eigenvalue weighted by Crippen LogP contribution is -2.02. The topological polar surface area (TPSA) is 43.8 Å². The van der Waals surface area contributed by atoms with E-state index >= 15 is 0 Å². The van der Waals surface area contributed by atoms with Gasteiger partial charge in [-0.15, -0.1) is 0 Å². The highest BCUT2D eigenvalue weighted by Crippen LogP contribution is 2.34. The van der Waals surface area contributed by atoms with Gasteiger partial charge in [-0.25, -0.2) is 0 Å². The van der Waals surface area contributed by atoms with E-state index < -0.39 is 0 Å². The Hall–Kier alpha value is -0.830. The summed E-state index contributed by atoms with van der Waals surface area (Å²) in [7, 11) is 2.07. The molecule has 0 aliphatic heterocycles. The fourth-order valence-corrected chi connectivity index (χ4v) is 2.55. The van der Waals surface area contributed by atoms with Gasteiger partial charge in [0.2, 0.25) is 0 Å². The number of nitrogens with zero attached hydrogens (tertiary/aromatic N) is 2. The van der Waals surface area contributed by atoms with E-state index in [4.69, 9.17) is 5.73 Å². The highest BCUT2D eigenvalue weighted by molar-refractivity contribution is 5.16. The Labute approximate surface area is 91.7 Å². The van der Waals surface area contributed by atoms with E-state index in [0.29, 0.717) is 0 Å². The average Bonchev–Trinajstić information content (AvgIpc) is 2.83. The van der Waals surface area contributed by atoms with Crippen LogP contribution in [0.25, 0.3) is 0 Å². The van der Waals surface area contributed by atoms with Crippen molar-refractivity contribution < 1.29 is 0 Å². The molecule has 3 heteroatoms. The van der Waals surface area contributed by atoms with E-state index in [2.05, 4.69) is 22.9 Å². The van der Waals surface area contributed by atoms with Crippen LogP contribution in [0.15, 0.2) is 6.07 Å². The molecule has 2 rings (SSSR count). The van der Waals surface area contributed by atoms with Crippen molar-refractivity contribution in [2.45, 2.75) is 44.4 Å². The first-order chi connectivity index (χ1) is 7.31. The van der Waals surface area contributed by atoms with Crippen LogP contribution >= 0.6 is 0 Å². The fourth-order valence-electron chi connectivity index (χ4n) is 2.55. The molecule has 0 aromatic carbocycles. The first kappa shape index (κ1) is 10.7. The monoisotopic (exact) mass is 207 g/mol. The van der Waals surface area contributed by atoms with Crippen molar-refractivity contribution in [3.05, 3.63) is 17.5 Å². The fraction of sp³-hybridized carbons (Fsp3) is 0.750. The van der Waals surface area contributed by atoms with Crippen molar-refractivity contribution in [1.29, 1.82) is 0 Å². The zero-order chi connectivity index (χ0) is 10.7. The molecule has 1 aromatic rings. The molecule has 1 fully saturated rings. The second-order valence-electron chi connectivity index (χ2n) is 4.56. The van der Waals surface area contributed by atoms with Gasteiger partial charge in [0, 0.05) is 18.7 Å². The Morgan fingerprint density at radius 2 is 2.20 bits per heavy atom. The van der Waals surface area contributed by atoms with E-state index in [0.717, 1.165) is 25.3 Å². The van der Waals surface area contributed by atoms with Crippen molar-refractivity contribution >= 4 is 0 Å². The molecule has 15 heavy (non-hydrogen) atoms. The summed E-state index contributed by atoms with van der Waals surface area (Å²) in [4.78, 5) is 0. The zero-order valence-electron chi connectivity index (χ0n) is 9.58. The molecule has 84 valence electrons. The Morgan fingerprint density at radius 3 is 2.87 bits per heavy atom. The van der Waals surface area contributed by atoms with Crippen LogP contribution in [0.1, 0.15) is 49.4 Å². The van der Waals surface area contributed by atoms with Crippen LogP contribution in [0.5, 0.6) is 0 Å². The van der Waals surface area contributed by atoms with Crippen LogP contribution in [0.3, 0.4) is 0 Å². The predicted octanol–water partition coefficient (Wildman–Crippen LogP) is 1.97. The van der Waals surface area contributed by atoms with Crippen molar-refractivity contribution in [3.63, 3.8) is 0 Å². The molecule has 1 aromatic heterocycles. The van der Waals surface area contributed by atoms with Gasteiger partial charge < -0.3 is 5.73 Å². The van der Waals surface area contributed by atoms with Gasteiger partial charge in [-0.05, 0) is 38.3 Å². The molecule has 0 bridgehead atoms. The summed E-state index contributed by atoms with van der Waals surface area (Å²) >= 11 is 0. The third kappa shape index (κ3) is 2.40. The van der Waals surface area contributed by atoms with E-state index in [-0.39, 0.29) is 0 Å². The summed E-state index contributed by atoms with van der Waals surface area (Å²) < 4.78 is 2.07. The van der Waals surface area contributed by atoms with Crippen LogP contribution in [0, 0.1) is 0 Å². The van der Waals surface area contributed by atoms with Gasteiger partial charge in [-0.2, -0.15) is 5.10 Å². The summed E-state index contributed by atoms with van der Waals surface area (Å²) in [6.07, 6.45) is 7.52. The maximum absolute atomic E-state index is 5.51. The maximum Gasteiger partial charge on any atom is 0.0628 e. The van der Waals surface area contributed by atoms with Crippen molar-refractivity contribution in [1.82, 2.24) is 9.78 Å². The van der Waals surface area contributed by atoms with Gasteiger partial charge in [0.05, 0.1) is 5.69 Å². The van der Waals surface area contributed by atoms with E-state index in [1.807, 2.05) is 0 Å². The molecular weight excluding hydrogens is 186 g/mol. The summed E-state index contributed by atoms with van der Waals surface area (Å²) in [6.45, 7) is 0.759. The van der Waals surface area contributed by atoms with Crippen LogP contribution in [-0.4, -0.2) is 16.3 Å². The van der Waals surface area contributed by atoms with Gasteiger partial charge in [0.15, 0.2) is 0 Å². The summed E-state index contributed by atoms with van der Waals surface area (Å²) in [5, 5.41) is 4.55. The quantitative estimate of drug-likeness (QED) is 0.820. The molecule has 2 N–H and O–H groups in total. The third-order valence-corrected chi connectivity index (χ3v) is 3.38. The molecule has 0 spiro atoms. The number of aryl methyl sites for hydroxylation is 2. The van der Waals surface area contributed by atoms with Crippen molar-refractivity contribution in [2.75, 3.05) is 6.54 Å². The molecule has 0 unspecified atom stereocenters. The number of hydrogen-bond acceptors (Lipinski definition) is 2. The molecule has 0 saturated heterocycles. The second-order valence-corrected chi connectivity index (χ2v) is 4.56. The molecule has 3 nitrogen and oxygen atoms in total. The van der Waals surface area contributed by atoms with Crippen LogP contribution in [0.4, 0.5) is 0 Å². The predicted molar refractivity (Wildman–Crippen MR) is 61.8 cm³/mol. The maximum atomic E-state index is 5.51. The Bertz CT molecular complexity index is 311.